The molecule has 2 aromatic carbocycles. The molecule has 0 aliphatic carbocycles. The van der Waals surface area contributed by atoms with Crippen LogP contribution in [0.25, 0.3) is 0 Å². The smallest absolute Gasteiger partial charge is 0.490 e. The summed E-state index contributed by atoms with van der Waals surface area (Å²) in [5, 5.41) is 24.1. The number of nitrogens with one attached hydrogen (secondary N) is 1. The van der Waals surface area contributed by atoms with Crippen molar-refractivity contribution in [2.75, 3.05) is 29.9 Å². The molecule has 0 spiro atoms. The monoisotopic (exact) mass is 484 g/mol. The van der Waals surface area contributed by atoms with E-state index in [0.717, 1.165) is 18.2 Å². The van der Waals surface area contributed by atoms with Crippen LogP contribution in [0.2, 0.25) is 0 Å². The second-order valence-corrected chi connectivity index (χ2v) is 8.47. The van der Waals surface area contributed by atoms with Gasteiger partial charge in [0, 0.05) is 37.2 Å². The van der Waals surface area contributed by atoms with Gasteiger partial charge in [-0.25, -0.2) is 8.78 Å². The normalized spacial score (nSPS) is 25.1. The number of piperidine rings is 1. The predicted molar refractivity (Wildman–Crippen MR) is 109 cm³/mol. The molecular weight excluding hydrogens is 464 g/mol. The number of anilines is 2. The van der Waals surface area contributed by atoms with Gasteiger partial charge in [0.05, 0.1) is 11.4 Å². The standard InChI is InChI=1S/C22H20F4N2O6/c23-12-2-3-15(11-1-4-19(30)27-20(11)12)32-10-21(31)5-6-28(9-18(21)29)14-8-17-16(7-13(14)24)33-22(25,26)34-17/h2-3,7-8,18,29,31H,1,4-6,9-10H2,(H,27,30)/t18-,21-/m1/s1. The van der Waals surface area contributed by atoms with Gasteiger partial charge in [-0.15, -0.1) is 8.78 Å². The second-order valence-electron chi connectivity index (χ2n) is 8.47. The number of β-amino-alcohol motifs (C(OH)–C–C–N with tert-alkyl or cyclic N) is 1. The molecule has 1 amide bonds. The molecule has 3 aliphatic rings. The van der Waals surface area contributed by atoms with E-state index in [-0.39, 0.29) is 67.7 Å². The number of benzene rings is 2. The SMILES string of the molecule is O=C1CCc2c(OC[C@]3(O)CCN(c4cc5c(cc4F)OC(F)(F)O5)C[C@H]3O)ccc(F)c2N1. The first-order valence-electron chi connectivity index (χ1n) is 10.5. The van der Waals surface area contributed by atoms with Crippen molar-refractivity contribution in [3.63, 3.8) is 0 Å². The van der Waals surface area contributed by atoms with Gasteiger partial charge in [0.15, 0.2) is 11.5 Å². The van der Waals surface area contributed by atoms with Crippen LogP contribution in [0, 0.1) is 11.6 Å². The summed E-state index contributed by atoms with van der Waals surface area (Å²) in [6.45, 7) is -0.490. The third-order valence-corrected chi connectivity index (χ3v) is 6.20. The molecule has 0 bridgehead atoms. The van der Waals surface area contributed by atoms with Crippen molar-refractivity contribution < 1.29 is 46.8 Å². The number of carbonyl (C=O) groups excluding carboxylic acids is 1. The first-order chi connectivity index (χ1) is 16.0. The lowest BCUT2D eigenvalue weighted by molar-refractivity contribution is -0.286. The van der Waals surface area contributed by atoms with Crippen LogP contribution in [0.15, 0.2) is 24.3 Å². The Labute approximate surface area is 190 Å². The van der Waals surface area contributed by atoms with Gasteiger partial charge in [-0.3, -0.25) is 4.79 Å². The molecule has 3 aliphatic heterocycles. The summed E-state index contributed by atoms with van der Waals surface area (Å²) in [6.07, 6.45) is -4.91. The minimum Gasteiger partial charge on any atom is -0.490 e. The van der Waals surface area contributed by atoms with Crippen LogP contribution in [0.1, 0.15) is 18.4 Å². The van der Waals surface area contributed by atoms with E-state index >= 15 is 0 Å². The van der Waals surface area contributed by atoms with Gasteiger partial charge in [-0.2, -0.15) is 0 Å². The number of carbonyl (C=O) groups is 1. The first kappa shape index (κ1) is 22.5. The predicted octanol–water partition coefficient (Wildman–Crippen LogP) is 2.55. The van der Waals surface area contributed by atoms with E-state index < -0.39 is 35.4 Å². The maximum absolute atomic E-state index is 14.5. The van der Waals surface area contributed by atoms with E-state index in [1.54, 1.807) is 0 Å². The van der Waals surface area contributed by atoms with Crippen LogP contribution in [0.5, 0.6) is 17.2 Å². The Balaban J connectivity index is 1.29. The van der Waals surface area contributed by atoms with E-state index in [1.165, 1.54) is 11.0 Å². The Kier molecular flexibility index (Phi) is 5.24. The highest BCUT2D eigenvalue weighted by atomic mass is 19.3. The van der Waals surface area contributed by atoms with Gasteiger partial charge in [0.25, 0.3) is 0 Å². The van der Waals surface area contributed by atoms with E-state index in [2.05, 4.69) is 14.8 Å². The van der Waals surface area contributed by atoms with Crippen molar-refractivity contribution in [1.29, 1.82) is 0 Å². The highest BCUT2D eigenvalue weighted by Gasteiger charge is 2.46. The lowest BCUT2D eigenvalue weighted by Crippen LogP contribution is -2.58. The summed E-state index contributed by atoms with van der Waals surface area (Å²) in [4.78, 5) is 13.0. The summed E-state index contributed by atoms with van der Waals surface area (Å²) < 4.78 is 69.5. The van der Waals surface area contributed by atoms with Gasteiger partial charge >= 0.3 is 6.29 Å². The van der Waals surface area contributed by atoms with Gasteiger partial charge in [-0.05, 0) is 25.0 Å². The highest BCUT2D eigenvalue weighted by Crippen LogP contribution is 2.45. The Morgan fingerprint density at radius 1 is 1.15 bits per heavy atom. The number of alkyl halides is 2. The van der Waals surface area contributed by atoms with Crippen LogP contribution in [-0.4, -0.2) is 53.8 Å². The molecule has 1 saturated heterocycles. The molecule has 0 aromatic heterocycles. The Bertz CT molecular complexity index is 1160. The number of rotatable bonds is 4. The van der Waals surface area contributed by atoms with Crippen molar-refractivity contribution in [2.45, 2.75) is 37.3 Å². The summed E-state index contributed by atoms with van der Waals surface area (Å²) >= 11 is 0. The minimum absolute atomic E-state index is 0.0277. The highest BCUT2D eigenvalue weighted by molar-refractivity contribution is 5.94. The van der Waals surface area contributed by atoms with E-state index in [9.17, 15) is 32.6 Å². The lowest BCUT2D eigenvalue weighted by atomic mass is 9.89. The number of ether oxygens (including phenoxy) is 3. The van der Waals surface area contributed by atoms with Crippen LogP contribution < -0.4 is 24.4 Å². The zero-order valence-corrected chi connectivity index (χ0v) is 17.6. The molecule has 182 valence electrons. The zero-order valence-electron chi connectivity index (χ0n) is 17.6. The number of halogens is 4. The van der Waals surface area contributed by atoms with Gasteiger partial charge in [-0.1, -0.05) is 0 Å². The quantitative estimate of drug-likeness (QED) is 0.574. The maximum Gasteiger partial charge on any atom is 0.586 e. The molecule has 1 fully saturated rings. The number of fused-ring (bicyclic) bond motifs is 2. The van der Waals surface area contributed by atoms with E-state index in [1.807, 2.05) is 0 Å². The Morgan fingerprint density at radius 3 is 2.62 bits per heavy atom. The topological polar surface area (TPSA) is 100 Å². The fourth-order valence-electron chi connectivity index (χ4n) is 4.32. The van der Waals surface area contributed by atoms with Crippen LogP contribution in [0.4, 0.5) is 28.9 Å². The van der Waals surface area contributed by atoms with Crippen LogP contribution >= 0.6 is 0 Å². The average molecular weight is 484 g/mol. The number of aliphatic hydroxyl groups is 2. The van der Waals surface area contributed by atoms with Crippen molar-refractivity contribution in [3.05, 3.63) is 41.5 Å². The summed E-state index contributed by atoms with van der Waals surface area (Å²) in [5.41, 5.74) is -1.32. The minimum atomic E-state index is -3.89. The fraction of sp³-hybridized carbons (Fsp3) is 0.409. The number of hydrogen-bond donors (Lipinski definition) is 3. The molecule has 2 atom stereocenters. The second kappa shape index (κ2) is 7.91. The number of aliphatic hydroxyl groups excluding tert-OH is 1. The molecule has 3 heterocycles. The number of hydrogen-bond acceptors (Lipinski definition) is 7. The molecule has 3 N–H and O–H groups in total. The molecule has 2 aromatic rings. The van der Waals surface area contributed by atoms with Crippen molar-refractivity contribution in [3.8, 4) is 17.2 Å². The van der Waals surface area contributed by atoms with Gasteiger partial charge in [0.2, 0.25) is 5.91 Å². The average Bonchev–Trinajstić information content (AvgIpc) is 3.08. The van der Waals surface area contributed by atoms with E-state index in [0.29, 0.717) is 5.56 Å². The molecule has 0 radical (unpaired) electrons. The molecule has 5 rings (SSSR count). The molecular formula is C22H20F4N2O6. The van der Waals surface area contributed by atoms with Crippen LogP contribution in [-0.2, 0) is 11.2 Å². The van der Waals surface area contributed by atoms with Crippen LogP contribution in [0.3, 0.4) is 0 Å². The molecule has 8 nitrogen and oxygen atoms in total. The summed E-state index contributed by atoms with van der Waals surface area (Å²) in [6, 6.07) is 4.35. The molecule has 12 heteroatoms. The number of nitrogens with zero attached hydrogens (tertiary/aromatic N) is 1. The molecule has 0 unspecified atom stereocenters. The van der Waals surface area contributed by atoms with Crippen molar-refractivity contribution >= 4 is 17.3 Å². The third-order valence-electron chi connectivity index (χ3n) is 6.20. The Hall–Kier alpha value is -3.25. The van der Waals surface area contributed by atoms with Crippen molar-refractivity contribution in [1.82, 2.24) is 0 Å². The fourth-order valence-corrected chi connectivity index (χ4v) is 4.32. The number of amides is 1. The zero-order chi connectivity index (χ0) is 24.3. The van der Waals surface area contributed by atoms with E-state index in [4.69, 9.17) is 4.74 Å². The van der Waals surface area contributed by atoms with Crippen molar-refractivity contribution in [2.24, 2.45) is 0 Å². The summed E-state index contributed by atoms with van der Waals surface area (Å²) in [5.74, 6) is -2.28. The maximum atomic E-state index is 14.5. The summed E-state index contributed by atoms with van der Waals surface area (Å²) in [7, 11) is 0. The Morgan fingerprint density at radius 2 is 1.88 bits per heavy atom. The van der Waals surface area contributed by atoms with Gasteiger partial charge < -0.3 is 34.6 Å². The largest absolute Gasteiger partial charge is 0.586 e. The van der Waals surface area contributed by atoms with Gasteiger partial charge in [0.1, 0.15) is 35.7 Å². The molecule has 0 saturated carbocycles. The first-order valence-corrected chi connectivity index (χ1v) is 10.5. The molecule has 34 heavy (non-hydrogen) atoms. The third kappa shape index (κ3) is 3.96. The lowest BCUT2D eigenvalue weighted by Gasteiger charge is -2.42.